The van der Waals surface area contributed by atoms with Gasteiger partial charge in [0.05, 0.1) is 12.2 Å². The maximum absolute atomic E-state index is 9.90. The minimum Gasteiger partial charge on any atom is -0.370 e. The highest BCUT2D eigenvalue weighted by Gasteiger charge is 2.35. The van der Waals surface area contributed by atoms with Crippen LogP contribution in [-0.2, 0) is 24.2 Å². The van der Waals surface area contributed by atoms with Crippen molar-refractivity contribution >= 4 is 5.82 Å². The SMILES string of the molecule is CCCCc1[nH+]c(N2CC[NH2+]CC2)c(C#N)c2c1COC(C)(C)C2. The van der Waals surface area contributed by atoms with E-state index in [0.29, 0.717) is 6.61 Å². The van der Waals surface area contributed by atoms with Crippen LogP contribution in [0.4, 0.5) is 5.82 Å². The van der Waals surface area contributed by atoms with Gasteiger partial charge in [-0.3, -0.25) is 0 Å². The summed E-state index contributed by atoms with van der Waals surface area (Å²) in [6.07, 6.45) is 4.17. The number of piperazine rings is 1. The van der Waals surface area contributed by atoms with Crippen LogP contribution in [-0.4, -0.2) is 31.8 Å². The molecule has 0 unspecified atom stereocenters. The molecular formula is C19H30N4O+2. The summed E-state index contributed by atoms with van der Waals surface area (Å²) in [4.78, 5) is 5.99. The lowest BCUT2D eigenvalue weighted by molar-refractivity contribution is -0.656. The predicted octanol–water partition coefficient (Wildman–Crippen LogP) is 0.950. The van der Waals surface area contributed by atoms with Crippen molar-refractivity contribution in [1.29, 1.82) is 5.26 Å². The Bertz CT molecular complexity index is 642. The quantitative estimate of drug-likeness (QED) is 0.894. The molecule has 3 N–H and O–H groups in total. The second-order valence-electron chi connectivity index (χ2n) is 7.58. The molecule has 1 aromatic heterocycles. The third-order valence-electron chi connectivity index (χ3n) is 5.16. The average Bonchev–Trinajstić information content (AvgIpc) is 2.58. The van der Waals surface area contributed by atoms with Crippen LogP contribution in [0.5, 0.6) is 0 Å². The number of fused-ring (bicyclic) bond motifs is 1. The van der Waals surface area contributed by atoms with Crippen LogP contribution in [0.2, 0.25) is 0 Å². The molecular weight excluding hydrogens is 300 g/mol. The summed E-state index contributed by atoms with van der Waals surface area (Å²) in [5, 5.41) is 12.2. The van der Waals surface area contributed by atoms with Gasteiger partial charge >= 0.3 is 0 Å². The number of pyridine rings is 1. The number of ether oxygens (including phenoxy) is 1. The number of nitrogens with two attached hydrogens (primary N) is 1. The van der Waals surface area contributed by atoms with Crippen molar-refractivity contribution in [3.63, 3.8) is 0 Å². The maximum atomic E-state index is 9.90. The van der Waals surface area contributed by atoms with Crippen LogP contribution in [0.25, 0.3) is 0 Å². The third kappa shape index (κ3) is 3.40. The van der Waals surface area contributed by atoms with Gasteiger partial charge in [0.1, 0.15) is 43.5 Å². The van der Waals surface area contributed by atoms with Crippen molar-refractivity contribution < 1.29 is 15.0 Å². The molecule has 0 bridgehead atoms. The zero-order chi connectivity index (χ0) is 17.2. The Morgan fingerprint density at radius 3 is 2.71 bits per heavy atom. The molecule has 0 radical (unpaired) electrons. The van der Waals surface area contributed by atoms with Gasteiger partial charge < -0.3 is 10.1 Å². The van der Waals surface area contributed by atoms with E-state index in [1.807, 2.05) is 0 Å². The summed E-state index contributed by atoms with van der Waals surface area (Å²) < 4.78 is 6.05. The number of aryl methyl sites for hydroxylation is 1. The monoisotopic (exact) mass is 330 g/mol. The van der Waals surface area contributed by atoms with Crippen LogP contribution in [0, 0.1) is 11.3 Å². The highest BCUT2D eigenvalue weighted by atomic mass is 16.5. The van der Waals surface area contributed by atoms with Crippen LogP contribution in [0.1, 0.15) is 56.0 Å². The molecule has 1 aromatic rings. The van der Waals surface area contributed by atoms with Gasteiger partial charge in [0.15, 0.2) is 0 Å². The Morgan fingerprint density at radius 2 is 2.04 bits per heavy atom. The van der Waals surface area contributed by atoms with Crippen molar-refractivity contribution in [2.24, 2.45) is 0 Å². The number of nitrogens with one attached hydrogen (secondary N) is 1. The highest BCUT2D eigenvalue weighted by Crippen LogP contribution is 2.34. The van der Waals surface area contributed by atoms with Crippen molar-refractivity contribution in [3.8, 4) is 6.07 Å². The normalized spacial score (nSPS) is 19.7. The maximum Gasteiger partial charge on any atom is 0.293 e. The van der Waals surface area contributed by atoms with Crippen molar-refractivity contribution in [2.75, 3.05) is 31.1 Å². The minimum atomic E-state index is -0.199. The van der Waals surface area contributed by atoms with E-state index in [9.17, 15) is 5.26 Å². The summed E-state index contributed by atoms with van der Waals surface area (Å²) in [7, 11) is 0. The van der Waals surface area contributed by atoms with Gasteiger partial charge in [-0.25, -0.2) is 9.88 Å². The molecule has 1 saturated heterocycles. The number of anilines is 1. The molecule has 0 aliphatic carbocycles. The molecule has 130 valence electrons. The molecule has 1 fully saturated rings. The van der Waals surface area contributed by atoms with E-state index in [2.05, 4.69) is 42.0 Å². The van der Waals surface area contributed by atoms with Gasteiger partial charge in [-0.2, -0.15) is 5.26 Å². The summed E-state index contributed by atoms with van der Waals surface area (Å²) in [6, 6.07) is 2.50. The molecule has 2 aliphatic heterocycles. The summed E-state index contributed by atoms with van der Waals surface area (Å²) in [5.74, 6) is 1.04. The standard InChI is InChI=1S/C19H28N4O/c1-4-5-6-17-16-13-24-19(2,3)11-14(16)15(12-20)18(22-17)23-9-7-21-8-10-23/h21H,4-11,13H2,1-3H3/p+2. The Morgan fingerprint density at radius 1 is 1.29 bits per heavy atom. The first kappa shape index (κ1) is 17.2. The molecule has 0 atom stereocenters. The Balaban J connectivity index is 2.09. The minimum absolute atomic E-state index is 0.199. The van der Waals surface area contributed by atoms with Crippen LogP contribution < -0.4 is 15.2 Å². The van der Waals surface area contributed by atoms with Crippen LogP contribution in [0.15, 0.2) is 0 Å². The van der Waals surface area contributed by atoms with E-state index in [1.165, 1.54) is 23.2 Å². The molecule has 24 heavy (non-hydrogen) atoms. The zero-order valence-electron chi connectivity index (χ0n) is 15.2. The number of H-pyrrole nitrogens is 1. The van der Waals surface area contributed by atoms with Gasteiger partial charge in [0, 0.05) is 18.4 Å². The van der Waals surface area contributed by atoms with Gasteiger partial charge in [0.25, 0.3) is 5.82 Å². The van der Waals surface area contributed by atoms with Crippen LogP contribution in [0.3, 0.4) is 0 Å². The molecule has 3 heterocycles. The Kier molecular flexibility index (Phi) is 5.07. The van der Waals surface area contributed by atoms with Gasteiger partial charge in [0.2, 0.25) is 0 Å². The number of aromatic amines is 1. The van der Waals surface area contributed by atoms with E-state index in [4.69, 9.17) is 4.74 Å². The number of unbranched alkanes of at least 4 members (excludes halogenated alkanes) is 1. The number of aromatic nitrogens is 1. The van der Waals surface area contributed by atoms with Gasteiger partial charge in [-0.1, -0.05) is 13.3 Å². The van der Waals surface area contributed by atoms with E-state index in [-0.39, 0.29) is 5.60 Å². The number of hydrogen-bond acceptors (Lipinski definition) is 3. The molecule has 2 aliphatic rings. The van der Waals surface area contributed by atoms with Gasteiger partial charge in [-0.05, 0) is 25.8 Å². The number of rotatable bonds is 4. The van der Waals surface area contributed by atoms with Crippen molar-refractivity contribution in [1.82, 2.24) is 0 Å². The molecule has 5 heteroatoms. The van der Waals surface area contributed by atoms with Gasteiger partial charge in [-0.15, -0.1) is 0 Å². The zero-order valence-corrected chi connectivity index (χ0v) is 15.2. The van der Waals surface area contributed by atoms with E-state index < -0.39 is 0 Å². The topological polar surface area (TPSA) is 67.0 Å². The molecule has 0 aromatic carbocycles. The molecule has 0 saturated carbocycles. The number of nitriles is 1. The first-order valence-corrected chi connectivity index (χ1v) is 9.26. The second-order valence-corrected chi connectivity index (χ2v) is 7.58. The fourth-order valence-corrected chi connectivity index (χ4v) is 3.77. The average molecular weight is 330 g/mol. The van der Waals surface area contributed by atoms with Crippen molar-refractivity contribution in [3.05, 3.63) is 22.4 Å². The second kappa shape index (κ2) is 7.08. The molecule has 3 rings (SSSR count). The van der Waals surface area contributed by atoms with Crippen molar-refractivity contribution in [2.45, 2.75) is 58.7 Å². The Labute approximate surface area is 145 Å². The lowest BCUT2D eigenvalue weighted by Gasteiger charge is -2.33. The van der Waals surface area contributed by atoms with E-state index in [0.717, 1.165) is 56.8 Å². The summed E-state index contributed by atoms with van der Waals surface area (Å²) >= 11 is 0. The predicted molar refractivity (Wildman–Crippen MR) is 92.8 cm³/mol. The molecule has 5 nitrogen and oxygen atoms in total. The van der Waals surface area contributed by atoms with E-state index >= 15 is 0 Å². The number of quaternary nitrogens is 1. The largest absolute Gasteiger partial charge is 0.370 e. The number of nitrogens with zero attached hydrogens (tertiary/aromatic N) is 2. The number of hydrogen-bond donors (Lipinski definition) is 1. The lowest BCUT2D eigenvalue weighted by atomic mass is 9.87. The highest BCUT2D eigenvalue weighted by molar-refractivity contribution is 5.58. The van der Waals surface area contributed by atoms with Crippen LogP contribution >= 0.6 is 0 Å². The first-order valence-electron chi connectivity index (χ1n) is 9.26. The third-order valence-corrected chi connectivity index (χ3v) is 5.16. The summed E-state index contributed by atoms with van der Waals surface area (Å²) in [5.41, 5.74) is 4.35. The Hall–Kier alpha value is -1.64. The fraction of sp³-hybridized carbons (Fsp3) is 0.684. The fourth-order valence-electron chi connectivity index (χ4n) is 3.77. The smallest absolute Gasteiger partial charge is 0.293 e. The first-order chi connectivity index (χ1) is 11.6. The lowest BCUT2D eigenvalue weighted by Crippen LogP contribution is -2.90. The summed E-state index contributed by atoms with van der Waals surface area (Å²) in [6.45, 7) is 11.2. The molecule has 0 spiro atoms. The molecule has 0 amide bonds. The van der Waals surface area contributed by atoms with E-state index in [1.54, 1.807) is 0 Å².